The number of hydrogen-bond acceptors (Lipinski definition) is 14. The minimum Gasteiger partial charge on any atom is -0.508 e. The van der Waals surface area contributed by atoms with Crippen LogP contribution in [-0.4, -0.2) is 61.1 Å². The fourth-order valence-electron chi connectivity index (χ4n) is 10.3. The van der Waals surface area contributed by atoms with Crippen LogP contribution in [0, 0.1) is 53.7 Å². The average Bonchev–Trinajstić information content (AvgIpc) is 1.40. The van der Waals surface area contributed by atoms with E-state index in [1.54, 1.807) is 87.9 Å². The SMILES string of the molecule is C=C1Oc2cc(O)ccc2-c2cc(C#CCOC)ccc21.CC(C)(C)C#Cc1ccc2c(c1)c(=O)oc1cc(O)ccc12.COC1(C#Cc2ccc3c(c2)c(=O)oc2cc(O)ccc23)CC1.Cc1cc2oc(=O)c3cc(OC4CCOCC4)ccc3c2cc1F. The Labute approximate surface area is 516 Å². The van der Waals surface area contributed by atoms with E-state index in [2.05, 4.69) is 42.1 Å². The Morgan fingerprint density at radius 1 is 0.578 bits per heavy atom. The summed E-state index contributed by atoms with van der Waals surface area (Å²) in [5.41, 5.74) is 5.20. The number of hydrogen-bond donors (Lipinski definition) is 3. The first-order valence-corrected chi connectivity index (χ1v) is 29.0. The molecule has 5 heterocycles. The van der Waals surface area contributed by atoms with Gasteiger partial charge in [0.25, 0.3) is 0 Å². The third kappa shape index (κ3) is 13.7. The number of methoxy groups -OCH3 is 2. The summed E-state index contributed by atoms with van der Waals surface area (Å²) in [6.45, 7) is 13.5. The fourth-order valence-corrected chi connectivity index (χ4v) is 10.3. The molecule has 452 valence electrons. The number of aromatic hydroxyl groups is 3. The summed E-state index contributed by atoms with van der Waals surface area (Å²) in [4.78, 5) is 36.7. The van der Waals surface area contributed by atoms with E-state index in [1.165, 1.54) is 18.2 Å². The summed E-state index contributed by atoms with van der Waals surface area (Å²) in [5, 5.41) is 34.4. The summed E-state index contributed by atoms with van der Waals surface area (Å²) in [5.74, 6) is 20.2. The standard InChI is InChI=1S/C19H17FO4.C19H14O4.C19H16O3.C18H14O3/c1-11-8-18-15(10-17(11)20)14-3-2-13(9-16(14)19(21)24-18)23-12-4-6-22-7-5-12;1-22-19(8-9-19)7-6-12-2-4-14-15-5-3-13(20)11-17(15)23-18(21)16(14)10-12;1-19(2,3)9-8-12-4-6-14-15-7-5-13(20)11-17(15)22-18(21)16(14)10-12;1-12-15-7-5-13(4-3-9-20-2)10-17(15)16-8-6-14(19)11-18(16)21-12/h2-3,8-10,12H,4-7H2,1H3;2-5,10-11,20H,8-9H2,1H3;4-7,10-11,20H,1-3H3;5-8,10-11,19H,1,9H2,2H3. The summed E-state index contributed by atoms with van der Waals surface area (Å²) in [7, 11) is 3.28. The molecule has 0 spiro atoms. The Hall–Kier alpha value is -10.6. The maximum Gasteiger partial charge on any atom is 0.344 e. The number of halogens is 1. The van der Waals surface area contributed by atoms with Crippen LogP contribution in [0.25, 0.3) is 82.1 Å². The molecule has 2 fully saturated rings. The van der Waals surface area contributed by atoms with Crippen LogP contribution >= 0.6 is 0 Å². The van der Waals surface area contributed by atoms with Crippen LogP contribution in [0.2, 0.25) is 0 Å². The molecule has 3 aromatic heterocycles. The predicted octanol–water partition coefficient (Wildman–Crippen LogP) is 14.6. The highest BCUT2D eigenvalue weighted by molar-refractivity contribution is 6.07. The van der Waals surface area contributed by atoms with E-state index in [0.717, 1.165) is 80.6 Å². The molecule has 3 N–H and O–H groups in total. The summed E-state index contributed by atoms with van der Waals surface area (Å²) in [6.07, 6.45) is 3.63. The number of phenolic OH excluding ortho intramolecular Hbond substituents is 3. The Morgan fingerprint density at radius 2 is 1.10 bits per heavy atom. The molecule has 90 heavy (non-hydrogen) atoms. The molecule has 14 rings (SSSR count). The van der Waals surface area contributed by atoms with Crippen molar-refractivity contribution in [2.24, 2.45) is 5.41 Å². The van der Waals surface area contributed by atoms with Gasteiger partial charge in [0.05, 0.1) is 29.4 Å². The first-order valence-electron chi connectivity index (χ1n) is 29.0. The maximum atomic E-state index is 13.9. The van der Waals surface area contributed by atoms with E-state index >= 15 is 0 Å². The highest BCUT2D eigenvalue weighted by atomic mass is 19.1. The van der Waals surface area contributed by atoms with Gasteiger partial charge in [-0.2, -0.15) is 0 Å². The zero-order valence-electron chi connectivity index (χ0n) is 50.2. The number of phenols is 3. The van der Waals surface area contributed by atoms with Gasteiger partial charge in [0.2, 0.25) is 0 Å². The molecular weight excluding hydrogens is 1140 g/mol. The van der Waals surface area contributed by atoms with E-state index in [9.17, 15) is 34.1 Å². The zero-order chi connectivity index (χ0) is 63.4. The first-order chi connectivity index (χ1) is 43.2. The van der Waals surface area contributed by atoms with E-state index < -0.39 is 16.9 Å². The van der Waals surface area contributed by atoms with Crippen LogP contribution in [0.1, 0.15) is 74.3 Å². The fraction of sp³-hybridized carbons (Fsp3) is 0.213. The maximum absolute atomic E-state index is 13.9. The zero-order valence-corrected chi connectivity index (χ0v) is 50.2. The normalized spacial score (nSPS) is 13.7. The molecular formula is C75H61FO14. The third-order valence-corrected chi connectivity index (χ3v) is 15.2. The average molecular weight is 1210 g/mol. The lowest BCUT2D eigenvalue weighted by molar-refractivity contribution is 0.0256. The number of aryl methyl sites for hydroxylation is 1. The lowest BCUT2D eigenvalue weighted by Gasteiger charge is -2.23. The van der Waals surface area contributed by atoms with Crippen molar-refractivity contribution in [2.45, 2.75) is 65.1 Å². The Kier molecular flexibility index (Phi) is 17.4. The van der Waals surface area contributed by atoms with Gasteiger partial charge in [-0.1, -0.05) is 54.2 Å². The second-order valence-corrected chi connectivity index (χ2v) is 22.9. The van der Waals surface area contributed by atoms with Crippen LogP contribution in [0.5, 0.6) is 28.7 Å². The molecule has 15 heteroatoms. The van der Waals surface area contributed by atoms with Crippen molar-refractivity contribution < 1.29 is 56.6 Å². The molecule has 1 saturated heterocycles. The number of rotatable bonds is 4. The minimum absolute atomic E-state index is 0.0665. The van der Waals surface area contributed by atoms with Gasteiger partial charge in [0.15, 0.2) is 0 Å². The second-order valence-electron chi connectivity index (χ2n) is 22.9. The summed E-state index contributed by atoms with van der Waals surface area (Å²) < 4.78 is 57.1. The van der Waals surface area contributed by atoms with Crippen LogP contribution in [0.15, 0.2) is 174 Å². The number of benzene rings is 8. The molecule has 3 aliphatic rings. The van der Waals surface area contributed by atoms with Crippen molar-refractivity contribution in [3.05, 3.63) is 211 Å². The van der Waals surface area contributed by atoms with Crippen LogP contribution in [-0.2, 0) is 14.2 Å². The lowest BCUT2D eigenvalue weighted by atomic mass is 9.93. The van der Waals surface area contributed by atoms with Crippen molar-refractivity contribution in [1.29, 1.82) is 0 Å². The highest BCUT2D eigenvalue weighted by Gasteiger charge is 2.41. The van der Waals surface area contributed by atoms with Gasteiger partial charge in [-0.15, -0.1) is 0 Å². The molecule has 1 aliphatic carbocycles. The number of fused-ring (bicyclic) bond motifs is 12. The van der Waals surface area contributed by atoms with Gasteiger partial charge >= 0.3 is 16.9 Å². The van der Waals surface area contributed by atoms with Crippen LogP contribution < -0.4 is 26.4 Å². The molecule has 14 nitrogen and oxygen atoms in total. The third-order valence-electron chi connectivity index (χ3n) is 15.2. The van der Waals surface area contributed by atoms with Gasteiger partial charge in [0, 0.05) is 111 Å². The van der Waals surface area contributed by atoms with Crippen LogP contribution in [0.3, 0.4) is 0 Å². The largest absolute Gasteiger partial charge is 0.508 e. The van der Waals surface area contributed by atoms with Gasteiger partial charge in [-0.25, -0.2) is 18.8 Å². The molecule has 0 bridgehead atoms. The molecule has 0 atom stereocenters. The molecule has 0 radical (unpaired) electrons. The topological polar surface area (TPSA) is 197 Å². The molecule has 2 aliphatic heterocycles. The Morgan fingerprint density at radius 3 is 1.70 bits per heavy atom. The van der Waals surface area contributed by atoms with Gasteiger partial charge in [0.1, 0.15) is 75.4 Å². The van der Waals surface area contributed by atoms with Gasteiger partial charge in [-0.05, 0) is 161 Å². The molecule has 8 aromatic carbocycles. The second kappa shape index (κ2) is 25.6. The van der Waals surface area contributed by atoms with E-state index in [4.69, 9.17) is 36.9 Å². The van der Waals surface area contributed by atoms with Crippen molar-refractivity contribution in [3.8, 4) is 75.4 Å². The Balaban J connectivity index is 0.000000124. The van der Waals surface area contributed by atoms with E-state index in [0.29, 0.717) is 86.3 Å². The minimum atomic E-state index is -0.444. The molecule has 1 saturated carbocycles. The van der Waals surface area contributed by atoms with E-state index in [-0.39, 0.29) is 40.2 Å². The van der Waals surface area contributed by atoms with Gasteiger partial charge < -0.3 is 52.3 Å². The van der Waals surface area contributed by atoms with E-state index in [1.807, 2.05) is 75.4 Å². The first kappa shape index (κ1) is 61.1. The van der Waals surface area contributed by atoms with Crippen LogP contribution in [0.4, 0.5) is 4.39 Å². The molecule has 11 aromatic rings. The highest BCUT2D eigenvalue weighted by Crippen LogP contribution is 2.43. The smallest absolute Gasteiger partial charge is 0.344 e. The van der Waals surface area contributed by atoms with Crippen molar-refractivity contribution in [1.82, 2.24) is 0 Å². The lowest BCUT2D eigenvalue weighted by Crippen LogP contribution is -2.25. The van der Waals surface area contributed by atoms with Crippen molar-refractivity contribution >= 4 is 71.0 Å². The summed E-state index contributed by atoms with van der Waals surface area (Å²) >= 11 is 0. The Bertz CT molecular complexity index is 5060. The molecule has 0 amide bonds. The molecule has 0 unspecified atom stereocenters. The predicted molar refractivity (Wildman–Crippen MR) is 347 cm³/mol. The van der Waals surface area contributed by atoms with Gasteiger partial charge in [-0.3, -0.25) is 0 Å². The van der Waals surface area contributed by atoms with Crippen molar-refractivity contribution in [3.63, 3.8) is 0 Å². The summed E-state index contributed by atoms with van der Waals surface area (Å²) in [6, 6.07) is 39.7. The monoisotopic (exact) mass is 1200 g/mol. The number of ether oxygens (including phenoxy) is 5. The quantitative estimate of drug-likeness (QED) is 0.0854. The van der Waals surface area contributed by atoms with Crippen molar-refractivity contribution in [2.75, 3.05) is 34.0 Å².